The summed E-state index contributed by atoms with van der Waals surface area (Å²) in [4.78, 5) is 17.1. The Morgan fingerprint density at radius 1 is 0.216 bits per heavy atom. The van der Waals surface area contributed by atoms with E-state index in [-0.39, 0.29) is 10.8 Å². The highest BCUT2D eigenvalue weighted by Gasteiger charge is 2.26. The third-order valence-corrected chi connectivity index (χ3v) is 27.6. The van der Waals surface area contributed by atoms with E-state index in [1.807, 2.05) is 49.1 Å². The standard InChI is InChI=1S/4C33H34N4/c1-32(2,3)27-15-9-24(10-16-27)30-35-36-31(25-11-17-28(18-12-25)33(4,5)6)37(30)29-19-13-23(14-20-29)26-8-7-21-34-22-26;1-23(2)20-25-7-11-28(12-8-25)32-35-36-33(29-13-9-26(10-14-29)21-24(3)4)37(32)31-17-15-27(16-18-31)30-6-5-19-34-22-30;1-5-23(3)25-9-13-28(14-10-25)32-35-36-33(29-15-11-26(12-16-29)24(4)6-2)37(32)31-19-17-27(18-20-31)30-8-7-21-34-22-30;1-3-5-8-25-11-15-28(16-12-25)32-35-36-33(29-17-13-26(14-18-29)9-6-4-2)37(32)31-21-19-27(20-22-31)30-10-7-23-34-24-30/h7-22H,1-6H3;5-19,22-24H,20-21H2,1-4H3;7-24H,5-6H2,1-4H3;7,10-24H,3-6,8-9H2,1-2H3. The second-order valence-electron chi connectivity index (χ2n) is 41.6. The van der Waals surface area contributed by atoms with Crippen LogP contribution in [0.2, 0.25) is 0 Å². The summed E-state index contributed by atoms with van der Waals surface area (Å²) in [6.07, 6.45) is 26.2. The molecule has 20 aromatic rings. The first-order valence-electron chi connectivity index (χ1n) is 52.6. The molecule has 0 amide bonds. The Hall–Kier alpha value is -16.2. The van der Waals surface area contributed by atoms with E-state index in [1.54, 1.807) is 24.8 Å². The van der Waals surface area contributed by atoms with Crippen molar-refractivity contribution in [1.29, 1.82) is 0 Å². The Kier molecular flexibility index (Phi) is 33.6. The van der Waals surface area contributed by atoms with Crippen LogP contribution in [0.4, 0.5) is 0 Å². The fourth-order valence-electron chi connectivity index (χ4n) is 18.5. The summed E-state index contributed by atoms with van der Waals surface area (Å²) in [5.74, 6) is 9.01. The monoisotopic (exact) mass is 1950 g/mol. The normalized spacial score (nSPS) is 11.9. The number of unbranched alkanes of at least 4 members (excludes halogenated alkanes) is 2. The highest BCUT2D eigenvalue weighted by molar-refractivity contribution is 5.76. The van der Waals surface area contributed by atoms with Crippen LogP contribution in [0.5, 0.6) is 0 Å². The van der Waals surface area contributed by atoms with E-state index >= 15 is 0 Å². The fourth-order valence-corrected chi connectivity index (χ4v) is 18.5. The van der Waals surface area contributed by atoms with E-state index < -0.39 is 0 Å². The van der Waals surface area contributed by atoms with Crippen LogP contribution in [0, 0.1) is 11.8 Å². The predicted molar refractivity (Wildman–Crippen MR) is 611 cm³/mol. The van der Waals surface area contributed by atoms with Crippen molar-refractivity contribution in [3.63, 3.8) is 0 Å². The lowest BCUT2D eigenvalue weighted by Gasteiger charge is -2.20. The van der Waals surface area contributed by atoms with Crippen molar-refractivity contribution in [2.45, 2.75) is 198 Å². The van der Waals surface area contributed by atoms with Crippen molar-refractivity contribution in [2.24, 2.45) is 11.8 Å². The van der Waals surface area contributed by atoms with Crippen molar-refractivity contribution in [3.05, 3.63) is 434 Å². The molecule has 20 rings (SSSR count). The molecular weight excluding hydrogens is 1810 g/mol. The number of aryl methyl sites for hydroxylation is 2. The molecule has 0 saturated carbocycles. The lowest BCUT2D eigenvalue weighted by Crippen LogP contribution is -2.10. The Balaban J connectivity index is 0.000000135. The van der Waals surface area contributed by atoms with E-state index in [4.69, 9.17) is 10.2 Å². The first kappa shape index (κ1) is 103. The number of rotatable bonds is 30. The van der Waals surface area contributed by atoms with Crippen molar-refractivity contribution in [2.75, 3.05) is 0 Å². The Morgan fingerprint density at radius 3 is 0.595 bits per heavy atom. The van der Waals surface area contributed by atoms with Gasteiger partial charge in [-0.3, -0.25) is 38.2 Å². The first-order valence-corrected chi connectivity index (χ1v) is 52.6. The molecule has 0 spiro atoms. The van der Waals surface area contributed by atoms with Gasteiger partial charge in [-0.05, 0) is 248 Å². The van der Waals surface area contributed by atoms with Crippen LogP contribution in [0.15, 0.2) is 389 Å². The quantitative estimate of drug-likeness (QED) is 0.0417. The molecule has 148 heavy (non-hydrogen) atoms. The minimum absolute atomic E-state index is 0.0916. The van der Waals surface area contributed by atoms with Gasteiger partial charge in [0.05, 0.1) is 0 Å². The van der Waals surface area contributed by atoms with Crippen LogP contribution in [-0.2, 0) is 36.5 Å². The van der Waals surface area contributed by atoms with E-state index in [2.05, 4.69) is 495 Å². The molecule has 0 saturated heterocycles. The predicted octanol–water partition coefficient (Wildman–Crippen LogP) is 33.4. The molecule has 0 aliphatic rings. The molecule has 0 fully saturated rings. The molecule has 0 bridgehead atoms. The first-order chi connectivity index (χ1) is 71.9. The van der Waals surface area contributed by atoms with Gasteiger partial charge in [-0.25, -0.2) is 0 Å². The van der Waals surface area contributed by atoms with Crippen LogP contribution >= 0.6 is 0 Å². The molecule has 744 valence electrons. The molecule has 16 nitrogen and oxygen atoms in total. The summed E-state index contributed by atoms with van der Waals surface area (Å²) in [5, 5.41) is 37.5. The van der Waals surface area contributed by atoms with Gasteiger partial charge in [-0.1, -0.05) is 391 Å². The molecule has 16 heteroatoms. The minimum atomic E-state index is 0.0916. The lowest BCUT2D eigenvalue weighted by molar-refractivity contribution is 0.590. The van der Waals surface area contributed by atoms with Gasteiger partial charge in [0, 0.05) is 117 Å². The number of pyridine rings is 4. The maximum Gasteiger partial charge on any atom is 0.168 e. The maximum atomic E-state index is 4.69. The van der Waals surface area contributed by atoms with Crippen molar-refractivity contribution in [3.8, 4) is 158 Å². The van der Waals surface area contributed by atoms with Crippen molar-refractivity contribution in [1.82, 2.24) is 79.0 Å². The largest absolute Gasteiger partial charge is 0.275 e. The van der Waals surface area contributed by atoms with E-state index in [9.17, 15) is 0 Å². The third kappa shape index (κ3) is 25.3. The number of aromatic nitrogens is 16. The van der Waals surface area contributed by atoms with E-state index in [1.165, 1.54) is 70.2 Å². The van der Waals surface area contributed by atoms with Gasteiger partial charge in [0.2, 0.25) is 0 Å². The van der Waals surface area contributed by atoms with Gasteiger partial charge in [-0.2, -0.15) is 0 Å². The zero-order valence-electron chi connectivity index (χ0n) is 88.5. The molecule has 0 aliphatic carbocycles. The smallest absolute Gasteiger partial charge is 0.168 e. The molecule has 2 atom stereocenters. The molecule has 12 aromatic carbocycles. The SMILES string of the molecule is CC(C)(C)c1ccc(-c2nnc(-c3ccc(C(C)(C)C)cc3)n2-c2ccc(-c3cccnc3)cc2)cc1.CC(C)Cc1ccc(-c2nnc(-c3ccc(CC(C)C)cc3)n2-c2ccc(-c3cccnc3)cc2)cc1.CCC(C)c1ccc(-c2nnc(-c3ccc(C(C)CC)cc3)n2-c2ccc(-c3cccnc3)cc2)cc1.CCCCc1ccc(-c2nnc(-c3ccc(CCCC)cc3)n2-c2ccc(-c3cccnc3)cc2)cc1. The zero-order chi connectivity index (χ0) is 103. The van der Waals surface area contributed by atoms with Gasteiger partial charge in [0.15, 0.2) is 46.6 Å². The van der Waals surface area contributed by atoms with Gasteiger partial charge in [0.1, 0.15) is 0 Å². The van der Waals surface area contributed by atoms with E-state index in [0.29, 0.717) is 23.7 Å². The van der Waals surface area contributed by atoms with Crippen molar-refractivity contribution < 1.29 is 0 Å². The lowest BCUT2D eigenvalue weighted by atomic mass is 9.86. The second-order valence-corrected chi connectivity index (χ2v) is 41.6. The second kappa shape index (κ2) is 48.2. The summed E-state index contributed by atoms with van der Waals surface area (Å²) in [7, 11) is 0. The molecule has 0 N–H and O–H groups in total. The van der Waals surface area contributed by atoms with Crippen LogP contribution < -0.4 is 0 Å². The molecule has 2 unspecified atom stereocenters. The average molecular weight is 1950 g/mol. The maximum absolute atomic E-state index is 4.69. The number of nitrogens with zero attached hydrogens (tertiary/aromatic N) is 16. The zero-order valence-corrected chi connectivity index (χ0v) is 88.5. The summed E-state index contributed by atoms with van der Waals surface area (Å²) >= 11 is 0. The average Bonchev–Trinajstić information content (AvgIpc) is 1.64. The Morgan fingerprint density at radius 2 is 0.412 bits per heavy atom. The topological polar surface area (TPSA) is 174 Å². The Bertz CT molecular complexity index is 7290. The third-order valence-electron chi connectivity index (χ3n) is 27.6. The fraction of sp³-hybridized carbons (Fsp3) is 0.242. The van der Waals surface area contributed by atoms with Gasteiger partial charge >= 0.3 is 0 Å². The van der Waals surface area contributed by atoms with Crippen LogP contribution in [0.1, 0.15) is 206 Å². The van der Waals surface area contributed by atoms with Gasteiger partial charge in [0.25, 0.3) is 0 Å². The Labute approximate surface area is 874 Å². The summed E-state index contributed by atoms with van der Waals surface area (Å²) < 4.78 is 8.67. The summed E-state index contributed by atoms with van der Waals surface area (Å²) in [5.41, 5.74) is 32.3. The van der Waals surface area contributed by atoms with Gasteiger partial charge in [-0.15, -0.1) is 40.8 Å². The molecular formula is C132H136N16. The van der Waals surface area contributed by atoms with Gasteiger partial charge < -0.3 is 0 Å². The molecule has 0 radical (unpaired) electrons. The van der Waals surface area contributed by atoms with E-state index in [0.717, 1.165) is 197 Å². The number of hydrogen-bond donors (Lipinski definition) is 0. The van der Waals surface area contributed by atoms with Crippen LogP contribution in [0.25, 0.3) is 158 Å². The van der Waals surface area contributed by atoms with Crippen molar-refractivity contribution >= 4 is 0 Å². The minimum Gasteiger partial charge on any atom is -0.275 e. The molecule has 8 aromatic heterocycles. The summed E-state index contributed by atoms with van der Waals surface area (Å²) in [6.45, 7) is 35.8. The van der Waals surface area contributed by atoms with Crippen LogP contribution in [0.3, 0.4) is 0 Å². The highest BCUT2D eigenvalue weighted by atomic mass is 15.3. The molecule has 0 aliphatic heterocycles. The summed E-state index contributed by atoms with van der Waals surface area (Å²) in [6, 6.07) is 120. The number of benzene rings is 12. The van der Waals surface area contributed by atoms with Crippen LogP contribution in [-0.4, -0.2) is 79.0 Å². The number of hydrogen-bond acceptors (Lipinski definition) is 12. The highest BCUT2D eigenvalue weighted by Crippen LogP contribution is 2.40. The molecule has 8 heterocycles.